The van der Waals surface area contributed by atoms with E-state index < -0.39 is 119 Å². The lowest BCUT2D eigenvalue weighted by Gasteiger charge is -2.37. The van der Waals surface area contributed by atoms with Crippen molar-refractivity contribution in [2.75, 3.05) is 88.9 Å². The van der Waals surface area contributed by atoms with Crippen LogP contribution in [0.5, 0.6) is 0 Å². The van der Waals surface area contributed by atoms with Gasteiger partial charge in [-0.05, 0) is 237 Å². The molecule has 34 heteroatoms. The van der Waals surface area contributed by atoms with Crippen molar-refractivity contribution in [3.63, 3.8) is 0 Å². The molecule has 0 aromatic heterocycles. The Bertz CT molecular complexity index is 4720. The number of rotatable bonds is 27. The summed E-state index contributed by atoms with van der Waals surface area (Å²) in [6.07, 6.45) is 4.98. The van der Waals surface area contributed by atoms with E-state index in [0.29, 0.717) is 52.0 Å². The van der Waals surface area contributed by atoms with Crippen LogP contribution in [0.3, 0.4) is 0 Å². The summed E-state index contributed by atoms with van der Waals surface area (Å²) < 4.78 is 218. The van der Waals surface area contributed by atoms with Crippen LogP contribution in [0, 0.1) is 47.3 Å². The van der Waals surface area contributed by atoms with Crippen LogP contribution in [-0.4, -0.2) is 283 Å². The number of ether oxygens (including phenoxy) is 19. The Balaban J connectivity index is 0.000000129. The van der Waals surface area contributed by atoms with Crippen molar-refractivity contribution < 1.29 is 158 Å². The summed E-state index contributed by atoms with van der Waals surface area (Å²) in [6.45, 7) is 36.9. The van der Waals surface area contributed by atoms with Gasteiger partial charge in [0.1, 0.15) is 104 Å². The molecule has 0 amide bonds. The second-order valence-electron chi connectivity index (χ2n) is 41.8. The zero-order valence-corrected chi connectivity index (χ0v) is 81.4. The molecule has 0 radical (unpaired) electrons. The third-order valence-electron chi connectivity index (χ3n) is 32.6. The summed E-state index contributed by atoms with van der Waals surface area (Å²) in [5.74, 6) is -2.29. The first-order chi connectivity index (χ1) is 62.5. The minimum Gasteiger partial charge on any atom is -0.373 e. The molecule has 134 heavy (non-hydrogen) atoms. The smallest absolute Gasteiger partial charge is 0.373 e. The normalized spacial score (nSPS) is 44.1. The van der Waals surface area contributed by atoms with Crippen LogP contribution in [-0.2, 0) is 119 Å². The molecule has 19 aliphatic rings. The maximum Gasteiger partial charge on any atom is 0.522 e. The first-order valence-electron chi connectivity index (χ1n) is 46.7. The molecule has 19 rings (SSSR count). The third-order valence-corrected chi connectivity index (χ3v) is 32.6. The molecule has 7 aliphatic carbocycles. The van der Waals surface area contributed by atoms with E-state index in [4.69, 9.17) is 85.3 Å². The maximum atomic E-state index is 12.7. The molecule has 748 valence electrons. The predicted octanol–water partition coefficient (Wildman–Crippen LogP) is 15.1. The number of allylic oxidation sites excluding steroid dienone is 3. The fourth-order valence-electron chi connectivity index (χ4n) is 23.2. The van der Waals surface area contributed by atoms with Gasteiger partial charge in [-0.3, -0.25) is 33.5 Å². The lowest BCUT2D eigenvalue weighted by Crippen LogP contribution is -2.52. The standard InChI is InChI=1S/C17H23F3O4.C17H21F3O4.C17H22O4.C17H26O4.C17H24O4.C15H19F3O5/c2*1-9(17(18,19)20)5-6-12-15(3,24-12)14-13(22-4)11(21)7-10(2)16(14)8-23-16;1-10-8-12(18)14(19-3)15(17(10)9-20-17)16(2)13(21-16)7-6-11-4-5-11;2*1-10(2)6-7-13-16(4,21-13)15-14(19-5)12(18)8-11(3)17(15)9-20-17;1-8-6-9(19)11(20-3)12(14(8)7-22-14)13(2)10(23-13)4-5-21-15(16,17)18/h7,9,12-14H,5-6,8H2,1-4H3;5,7,12-14H,6,8H2,1-4H3;6,8,13-15H,4-5,7,9H2,1-3H3;8,10,13-15H,6-7,9H2,1-5H3;6,8,13-15H,7,9H2,1-5H3;6,10-12H,4-5,7H2,1-3H3/b;9-5+;;;;/t9?,12-,13-,14-,15+,16-;12-,13-,14-,15+,16-;13-,14-,15-,16+,17-;2*13-,14-,15-,16-,17-;10-,11-,12-,13-,14-/m111111/s1. The van der Waals surface area contributed by atoms with E-state index in [1.807, 2.05) is 55.4 Å². The number of epoxide rings is 12. The predicted molar refractivity (Wildman–Crippen MR) is 466 cm³/mol. The highest BCUT2D eigenvalue weighted by atomic mass is 19.4. The highest BCUT2D eigenvalue weighted by molar-refractivity contribution is 6.00. The minimum absolute atomic E-state index is 0.00471. The Kier molecular flexibility index (Phi) is 28.7. The van der Waals surface area contributed by atoms with Crippen molar-refractivity contribution in [1.82, 2.24) is 0 Å². The zero-order valence-electron chi connectivity index (χ0n) is 81.4. The molecule has 12 heterocycles. The van der Waals surface area contributed by atoms with Crippen LogP contribution in [0.25, 0.3) is 0 Å². The molecule has 1 saturated carbocycles. The molecule has 31 atom stereocenters. The van der Waals surface area contributed by atoms with E-state index in [0.717, 1.165) is 72.1 Å². The zero-order chi connectivity index (χ0) is 98.5. The summed E-state index contributed by atoms with van der Waals surface area (Å²) in [7, 11) is 9.16. The van der Waals surface area contributed by atoms with E-state index in [-0.39, 0.29) is 147 Å². The fourth-order valence-corrected chi connectivity index (χ4v) is 23.2. The SMILES string of the molecule is CO[C@@H]1C(=O)C=C(C)[C@]2(CO2)[C@H]1[C@@]1(C)O[C@@H]1C/C=C(\C)C(F)(F)F.CO[C@@H]1C(=O)C=C(C)[C@]2(CO2)[C@H]1[C@@]1(C)O[C@@H]1CC=C1CC1.CO[C@@H]1C(=O)C=C(C)[C@]2(CO2)[C@H]1[C@@]1(C)O[C@@H]1CCC(C)C(F)(F)F.CO[C@@H]1C(=O)C=C(C)[C@]2(CO2)[C@H]1[C@]1(C)O[C@@H]1CC=C(C)C.CO[C@@H]1C(=O)C=C(C)[C@]2(CO2)[C@H]1[C@]1(C)O[C@@H]1CCC(C)C.CO[C@@H]1C(=O)C=C(C)[C@]2(CO2)[C@H]1[C@]1(C)O[C@@H]1CCOC(F)(F)F. The van der Waals surface area contributed by atoms with Gasteiger partial charge in [0, 0.05) is 54.7 Å². The molecule has 6 spiro atoms. The van der Waals surface area contributed by atoms with Crippen molar-refractivity contribution in [3.8, 4) is 0 Å². The second kappa shape index (κ2) is 37.0. The molecule has 0 aromatic rings. The van der Waals surface area contributed by atoms with Crippen molar-refractivity contribution in [3.05, 3.63) is 105 Å². The lowest BCUT2D eigenvalue weighted by atomic mass is 9.68. The highest BCUT2D eigenvalue weighted by Gasteiger charge is 2.79. The molecule has 0 bridgehead atoms. The summed E-state index contributed by atoms with van der Waals surface area (Å²) in [5.41, 5.74) is 1.66. The second-order valence-corrected chi connectivity index (χ2v) is 41.8. The van der Waals surface area contributed by atoms with E-state index in [2.05, 4.69) is 65.4 Å². The Hall–Kier alpha value is -5.71. The average Bonchev–Trinajstić information content (AvgIpc) is 1.55. The Morgan fingerprint density at radius 1 is 0.373 bits per heavy atom. The average molecular weight is 1910 g/mol. The van der Waals surface area contributed by atoms with E-state index >= 15 is 0 Å². The topological polar surface area (TPSA) is 317 Å². The van der Waals surface area contributed by atoms with Gasteiger partial charge in [0.15, 0.2) is 34.7 Å². The summed E-state index contributed by atoms with van der Waals surface area (Å²) in [6, 6.07) is 0. The van der Waals surface area contributed by atoms with Crippen LogP contribution in [0.15, 0.2) is 105 Å². The number of carbonyl (C=O) groups excluding carboxylic acids is 6. The first kappa shape index (κ1) is 104. The van der Waals surface area contributed by atoms with Crippen LogP contribution >= 0.6 is 0 Å². The van der Waals surface area contributed by atoms with Gasteiger partial charge in [0.05, 0.1) is 124 Å². The molecule has 1 unspecified atom stereocenters. The van der Waals surface area contributed by atoms with Gasteiger partial charge in [-0.15, -0.1) is 13.2 Å². The van der Waals surface area contributed by atoms with Gasteiger partial charge in [0.25, 0.3) is 0 Å². The monoisotopic (exact) mass is 1910 g/mol. The van der Waals surface area contributed by atoms with Crippen LogP contribution in [0.2, 0.25) is 0 Å². The highest BCUT2D eigenvalue weighted by Crippen LogP contribution is 2.66. The first-order valence-corrected chi connectivity index (χ1v) is 46.7. The lowest BCUT2D eigenvalue weighted by molar-refractivity contribution is -0.324. The molecule has 12 saturated heterocycles. The molecule has 13 fully saturated rings. The fraction of sp³-hybridized carbons (Fsp3) is 0.760. The number of alkyl halides is 9. The van der Waals surface area contributed by atoms with Gasteiger partial charge >= 0.3 is 18.7 Å². The van der Waals surface area contributed by atoms with Gasteiger partial charge in [0.2, 0.25) is 0 Å². The van der Waals surface area contributed by atoms with Gasteiger partial charge in [-0.1, -0.05) is 50.1 Å². The molecular weight excluding hydrogens is 1770 g/mol. The van der Waals surface area contributed by atoms with Crippen molar-refractivity contribution in [2.24, 2.45) is 47.3 Å². The van der Waals surface area contributed by atoms with Crippen molar-refractivity contribution in [1.29, 1.82) is 0 Å². The summed E-state index contributed by atoms with van der Waals surface area (Å²) in [5, 5.41) is 0. The van der Waals surface area contributed by atoms with Crippen molar-refractivity contribution >= 4 is 34.7 Å². The number of carbonyl (C=O) groups is 6. The van der Waals surface area contributed by atoms with E-state index in [1.54, 1.807) is 52.6 Å². The van der Waals surface area contributed by atoms with E-state index in [1.165, 1.54) is 64.4 Å². The Labute approximate surface area is 778 Å². The van der Waals surface area contributed by atoms with Crippen LogP contribution < -0.4 is 0 Å². The van der Waals surface area contributed by atoms with Crippen molar-refractivity contribution in [2.45, 2.75) is 348 Å². The Morgan fingerprint density at radius 3 is 0.836 bits per heavy atom. The van der Waals surface area contributed by atoms with Crippen LogP contribution in [0.4, 0.5) is 39.5 Å². The number of hydrogen-bond donors (Lipinski definition) is 0. The molecule has 0 aromatic carbocycles. The molecule has 25 nitrogen and oxygen atoms in total. The Morgan fingerprint density at radius 2 is 0.612 bits per heavy atom. The number of halogens is 9. The molecule has 0 N–H and O–H groups in total. The number of ketones is 6. The number of methoxy groups -OCH3 is 6. The largest absolute Gasteiger partial charge is 0.522 e. The molecule has 12 aliphatic heterocycles. The maximum absolute atomic E-state index is 12.7. The van der Waals surface area contributed by atoms with Gasteiger partial charge in [-0.2, -0.15) is 26.3 Å². The van der Waals surface area contributed by atoms with Crippen LogP contribution in [0.1, 0.15) is 189 Å². The quantitative estimate of drug-likeness (QED) is 0.0419. The molecular formula is C100H135F9O25. The summed E-state index contributed by atoms with van der Waals surface area (Å²) in [4.78, 5) is 73.6. The van der Waals surface area contributed by atoms with Gasteiger partial charge < -0.3 is 85.3 Å². The van der Waals surface area contributed by atoms with E-state index in [9.17, 15) is 68.3 Å². The third kappa shape index (κ3) is 19.7. The minimum atomic E-state index is -4.65. The number of hydrogen-bond acceptors (Lipinski definition) is 25. The van der Waals surface area contributed by atoms with Gasteiger partial charge in [-0.25, -0.2) is 0 Å². The summed E-state index contributed by atoms with van der Waals surface area (Å²) >= 11 is 0.